The van der Waals surface area contributed by atoms with Crippen molar-refractivity contribution in [3.63, 3.8) is 0 Å². The van der Waals surface area contributed by atoms with E-state index in [2.05, 4.69) is 34.3 Å². The van der Waals surface area contributed by atoms with Gasteiger partial charge in [0.1, 0.15) is 5.82 Å². The SMILES string of the molecule is [Pt+2].[c-]1c(N(c2ccccc2)c2cccc(-c3ccccn3)n2)cccc1-n1[c-]ccc1. The number of aromatic nitrogens is 3. The summed E-state index contributed by atoms with van der Waals surface area (Å²) in [6, 6.07) is 35.4. The molecule has 5 heteroatoms. The summed E-state index contributed by atoms with van der Waals surface area (Å²) in [7, 11) is 0. The minimum atomic E-state index is 0. The fourth-order valence-electron chi connectivity index (χ4n) is 3.34. The van der Waals surface area contributed by atoms with Crippen LogP contribution in [-0.4, -0.2) is 14.5 Å². The molecule has 0 saturated carbocycles. The van der Waals surface area contributed by atoms with Gasteiger partial charge in [-0.05, 0) is 36.4 Å². The first kappa shape index (κ1) is 20.8. The third kappa shape index (κ3) is 4.50. The predicted octanol–water partition coefficient (Wildman–Crippen LogP) is 6.00. The molecule has 4 nitrogen and oxygen atoms in total. The maximum absolute atomic E-state index is 4.92. The average Bonchev–Trinajstić information content (AvgIpc) is 3.36. The topological polar surface area (TPSA) is 34.0 Å². The van der Waals surface area contributed by atoms with Gasteiger partial charge in [-0.2, -0.15) is 30.0 Å². The zero-order chi connectivity index (χ0) is 20.2. The second kappa shape index (κ2) is 9.55. The Morgan fingerprint density at radius 1 is 0.742 bits per heavy atom. The molecular weight excluding hydrogens is 563 g/mol. The predicted molar refractivity (Wildman–Crippen MR) is 119 cm³/mol. The minimum absolute atomic E-state index is 0. The van der Waals surface area contributed by atoms with Gasteiger partial charge >= 0.3 is 21.1 Å². The Morgan fingerprint density at radius 3 is 2.32 bits per heavy atom. The Labute approximate surface area is 196 Å². The Kier molecular flexibility index (Phi) is 6.39. The van der Waals surface area contributed by atoms with Crippen molar-refractivity contribution >= 4 is 17.2 Å². The summed E-state index contributed by atoms with van der Waals surface area (Å²) in [5.74, 6) is 0.800. The molecule has 0 amide bonds. The number of para-hydroxylation sites is 1. The molecule has 0 atom stereocenters. The van der Waals surface area contributed by atoms with Crippen LogP contribution in [-0.2, 0) is 21.1 Å². The van der Waals surface area contributed by atoms with Crippen LogP contribution in [0.15, 0.2) is 109 Å². The summed E-state index contributed by atoms with van der Waals surface area (Å²) >= 11 is 0. The maximum Gasteiger partial charge on any atom is 2.00 e. The van der Waals surface area contributed by atoms with Crippen molar-refractivity contribution in [2.45, 2.75) is 0 Å². The van der Waals surface area contributed by atoms with E-state index in [1.54, 1.807) is 6.20 Å². The van der Waals surface area contributed by atoms with Gasteiger partial charge in [0.25, 0.3) is 0 Å². The van der Waals surface area contributed by atoms with E-state index >= 15 is 0 Å². The molecule has 2 aromatic carbocycles. The fraction of sp³-hybridized carbons (Fsp3) is 0. The van der Waals surface area contributed by atoms with Crippen LogP contribution in [0, 0.1) is 12.3 Å². The molecule has 0 aliphatic rings. The molecule has 0 saturated heterocycles. The van der Waals surface area contributed by atoms with E-state index < -0.39 is 0 Å². The number of benzene rings is 2. The van der Waals surface area contributed by atoms with Gasteiger partial charge in [0, 0.05) is 11.9 Å². The van der Waals surface area contributed by atoms with Gasteiger partial charge in [-0.3, -0.25) is 4.98 Å². The standard InChI is InChI=1S/C26H18N4.Pt/c1-2-10-21(11-3-1)30(23-13-8-12-22(20-23)29-18-6-7-19-29)26-16-9-15-25(28-26)24-14-4-5-17-27-24;/h1-18H;/q-2;+2. The van der Waals surface area contributed by atoms with Gasteiger partial charge in [0.05, 0.1) is 11.4 Å². The third-order valence-corrected chi connectivity index (χ3v) is 4.71. The summed E-state index contributed by atoms with van der Waals surface area (Å²) in [5.41, 5.74) is 4.48. The van der Waals surface area contributed by atoms with E-state index in [9.17, 15) is 0 Å². The molecule has 3 heterocycles. The first-order valence-electron chi connectivity index (χ1n) is 9.70. The van der Waals surface area contributed by atoms with Crippen LogP contribution >= 0.6 is 0 Å². The molecule has 0 aliphatic heterocycles. The zero-order valence-electron chi connectivity index (χ0n) is 16.5. The molecule has 0 spiro atoms. The molecule has 152 valence electrons. The van der Waals surface area contributed by atoms with Gasteiger partial charge in [-0.15, -0.1) is 18.3 Å². The number of anilines is 3. The Hall–Kier alpha value is -3.49. The fourth-order valence-corrected chi connectivity index (χ4v) is 3.34. The van der Waals surface area contributed by atoms with Crippen molar-refractivity contribution in [2.75, 3.05) is 4.90 Å². The van der Waals surface area contributed by atoms with Crippen molar-refractivity contribution in [1.82, 2.24) is 14.5 Å². The van der Waals surface area contributed by atoms with Crippen molar-refractivity contribution in [3.8, 4) is 17.1 Å². The van der Waals surface area contributed by atoms with E-state index in [0.717, 1.165) is 34.3 Å². The average molecular weight is 582 g/mol. The van der Waals surface area contributed by atoms with E-state index in [-0.39, 0.29) is 21.1 Å². The third-order valence-electron chi connectivity index (χ3n) is 4.71. The van der Waals surface area contributed by atoms with Crippen LogP contribution in [0.3, 0.4) is 0 Å². The van der Waals surface area contributed by atoms with Crippen LogP contribution in [0.4, 0.5) is 17.2 Å². The van der Waals surface area contributed by atoms with Gasteiger partial charge in [0.2, 0.25) is 0 Å². The molecule has 0 radical (unpaired) electrons. The summed E-state index contributed by atoms with van der Waals surface area (Å²) in [6.45, 7) is 0. The van der Waals surface area contributed by atoms with E-state index in [4.69, 9.17) is 4.98 Å². The second-order valence-corrected chi connectivity index (χ2v) is 6.70. The summed E-state index contributed by atoms with van der Waals surface area (Å²) in [6.07, 6.45) is 6.91. The van der Waals surface area contributed by atoms with Crippen molar-refractivity contribution in [2.24, 2.45) is 0 Å². The zero-order valence-corrected chi connectivity index (χ0v) is 18.8. The van der Waals surface area contributed by atoms with Crippen LogP contribution < -0.4 is 4.90 Å². The monoisotopic (exact) mass is 581 g/mol. The number of hydrogen-bond acceptors (Lipinski definition) is 3. The first-order valence-corrected chi connectivity index (χ1v) is 9.70. The normalized spacial score (nSPS) is 10.3. The molecule has 0 N–H and O–H groups in total. The van der Waals surface area contributed by atoms with Gasteiger partial charge in [-0.25, -0.2) is 4.98 Å². The largest absolute Gasteiger partial charge is 2.00 e. The van der Waals surface area contributed by atoms with Crippen molar-refractivity contribution in [3.05, 3.63) is 122 Å². The van der Waals surface area contributed by atoms with Gasteiger partial charge < -0.3 is 9.47 Å². The Bertz CT molecular complexity index is 1240. The summed E-state index contributed by atoms with van der Waals surface area (Å²) in [4.78, 5) is 11.5. The molecule has 5 rings (SSSR count). The van der Waals surface area contributed by atoms with Crippen LogP contribution in [0.2, 0.25) is 0 Å². The number of hydrogen-bond donors (Lipinski definition) is 0. The molecule has 5 aromatic rings. The quantitative estimate of drug-likeness (QED) is 0.239. The molecule has 0 bridgehead atoms. The van der Waals surface area contributed by atoms with Crippen LogP contribution in [0.1, 0.15) is 0 Å². The smallest absolute Gasteiger partial charge is 0.471 e. The number of pyridine rings is 2. The van der Waals surface area contributed by atoms with Gasteiger partial charge in [-0.1, -0.05) is 42.2 Å². The van der Waals surface area contributed by atoms with E-state index in [1.165, 1.54) is 0 Å². The molecule has 0 unspecified atom stereocenters. The molecule has 0 aliphatic carbocycles. The second-order valence-electron chi connectivity index (χ2n) is 6.70. The Balaban J connectivity index is 0.00000231. The Morgan fingerprint density at radius 2 is 1.55 bits per heavy atom. The molecule has 3 aromatic heterocycles. The maximum atomic E-state index is 4.92. The number of nitrogens with zero attached hydrogens (tertiary/aromatic N) is 4. The summed E-state index contributed by atoms with van der Waals surface area (Å²) < 4.78 is 1.92. The molecular formula is C26H18N4Pt. The van der Waals surface area contributed by atoms with Crippen molar-refractivity contribution in [1.29, 1.82) is 0 Å². The van der Waals surface area contributed by atoms with Gasteiger partial charge in [0.15, 0.2) is 0 Å². The molecule has 0 fully saturated rings. The first-order chi connectivity index (χ1) is 14.9. The number of rotatable bonds is 5. The molecule has 31 heavy (non-hydrogen) atoms. The van der Waals surface area contributed by atoms with Crippen molar-refractivity contribution < 1.29 is 21.1 Å². The van der Waals surface area contributed by atoms with Crippen LogP contribution in [0.25, 0.3) is 17.1 Å². The van der Waals surface area contributed by atoms with E-state index in [1.807, 2.05) is 95.7 Å². The van der Waals surface area contributed by atoms with E-state index in [0.29, 0.717) is 0 Å². The minimum Gasteiger partial charge on any atom is -0.471 e. The summed E-state index contributed by atoms with van der Waals surface area (Å²) in [5, 5.41) is 0. The van der Waals surface area contributed by atoms with Crippen LogP contribution in [0.5, 0.6) is 0 Å².